The van der Waals surface area contributed by atoms with Crippen molar-refractivity contribution in [3.63, 3.8) is 0 Å². The molecule has 1 amide bonds. The van der Waals surface area contributed by atoms with Crippen LogP contribution in [0.4, 0.5) is 4.39 Å². The molecule has 0 saturated heterocycles. The molecule has 1 aromatic rings. The second kappa shape index (κ2) is 5.18. The molecule has 0 unspecified atom stereocenters. The summed E-state index contributed by atoms with van der Waals surface area (Å²) in [5.41, 5.74) is 0.0627. The van der Waals surface area contributed by atoms with Crippen LogP contribution >= 0.6 is 11.8 Å². The summed E-state index contributed by atoms with van der Waals surface area (Å²) in [7, 11) is 1.46. The normalized spacial score (nSPS) is 16.2. The largest absolute Gasteiger partial charge is 0.497 e. The van der Waals surface area contributed by atoms with E-state index in [9.17, 15) is 9.18 Å². The molecule has 1 aliphatic carbocycles. The van der Waals surface area contributed by atoms with E-state index in [1.807, 2.05) is 6.26 Å². The van der Waals surface area contributed by atoms with E-state index in [4.69, 9.17) is 4.74 Å². The number of thioether (sulfide) groups is 1. The zero-order chi connectivity index (χ0) is 13.2. The van der Waals surface area contributed by atoms with Crippen molar-refractivity contribution < 1.29 is 13.9 Å². The van der Waals surface area contributed by atoms with Gasteiger partial charge in [0.15, 0.2) is 0 Å². The second-order valence-electron chi connectivity index (χ2n) is 4.42. The Kier molecular flexibility index (Phi) is 3.80. The van der Waals surface area contributed by atoms with Crippen LogP contribution in [0.5, 0.6) is 5.75 Å². The third kappa shape index (κ3) is 2.77. The van der Waals surface area contributed by atoms with Crippen LogP contribution in [0.25, 0.3) is 0 Å². The number of carbonyl (C=O) groups excluding carboxylic acids is 1. The summed E-state index contributed by atoms with van der Waals surface area (Å²) in [5, 5.41) is 2.79. The average Bonchev–Trinajstić information content (AvgIpc) is 3.16. The van der Waals surface area contributed by atoms with E-state index in [0.29, 0.717) is 12.3 Å². The van der Waals surface area contributed by atoms with Crippen LogP contribution in [0, 0.1) is 5.82 Å². The van der Waals surface area contributed by atoms with Gasteiger partial charge in [-0.2, -0.15) is 11.8 Å². The number of benzene rings is 1. The van der Waals surface area contributed by atoms with E-state index >= 15 is 0 Å². The van der Waals surface area contributed by atoms with Gasteiger partial charge < -0.3 is 10.1 Å². The maximum Gasteiger partial charge on any atom is 0.254 e. The number of hydrogen-bond acceptors (Lipinski definition) is 3. The minimum Gasteiger partial charge on any atom is -0.497 e. The standard InChI is InChI=1S/C13H16FNO2S/c1-17-9-3-4-10(11(14)7-9)12(16)15-8-13(18-2)5-6-13/h3-4,7H,5-6,8H2,1-2H3,(H,15,16). The lowest BCUT2D eigenvalue weighted by Gasteiger charge is -2.13. The molecule has 0 bridgehead atoms. The van der Waals surface area contributed by atoms with Gasteiger partial charge in [0.1, 0.15) is 11.6 Å². The highest BCUT2D eigenvalue weighted by molar-refractivity contribution is 8.00. The lowest BCUT2D eigenvalue weighted by Crippen LogP contribution is -2.32. The maximum absolute atomic E-state index is 13.7. The van der Waals surface area contributed by atoms with Crippen molar-refractivity contribution in [1.29, 1.82) is 0 Å². The van der Waals surface area contributed by atoms with Crippen molar-refractivity contribution in [3.05, 3.63) is 29.6 Å². The number of nitrogens with one attached hydrogen (secondary N) is 1. The van der Waals surface area contributed by atoms with Gasteiger partial charge in [-0.1, -0.05) is 0 Å². The maximum atomic E-state index is 13.7. The minimum absolute atomic E-state index is 0.0627. The fourth-order valence-electron chi connectivity index (χ4n) is 1.74. The third-order valence-corrected chi connectivity index (χ3v) is 4.65. The van der Waals surface area contributed by atoms with Crippen LogP contribution in [0.1, 0.15) is 23.2 Å². The Hall–Kier alpha value is -1.23. The van der Waals surface area contributed by atoms with Gasteiger partial charge in [-0.15, -0.1) is 0 Å². The number of carbonyl (C=O) groups is 1. The molecular weight excluding hydrogens is 253 g/mol. The summed E-state index contributed by atoms with van der Waals surface area (Å²) in [5.74, 6) is -0.511. The van der Waals surface area contributed by atoms with E-state index in [-0.39, 0.29) is 16.2 Å². The monoisotopic (exact) mass is 269 g/mol. The smallest absolute Gasteiger partial charge is 0.254 e. The summed E-state index contributed by atoms with van der Waals surface area (Å²) in [6.07, 6.45) is 4.26. The van der Waals surface area contributed by atoms with E-state index in [2.05, 4.69) is 5.32 Å². The first-order valence-electron chi connectivity index (χ1n) is 5.77. The summed E-state index contributed by atoms with van der Waals surface area (Å²) in [6.45, 7) is 0.596. The van der Waals surface area contributed by atoms with Crippen LogP contribution in [-0.4, -0.2) is 30.6 Å². The van der Waals surface area contributed by atoms with E-state index in [0.717, 1.165) is 12.8 Å². The molecule has 0 heterocycles. The predicted molar refractivity (Wildman–Crippen MR) is 70.8 cm³/mol. The highest BCUT2D eigenvalue weighted by atomic mass is 32.2. The number of methoxy groups -OCH3 is 1. The van der Waals surface area contributed by atoms with Gasteiger partial charge in [0.25, 0.3) is 5.91 Å². The first-order valence-corrected chi connectivity index (χ1v) is 6.99. The molecule has 98 valence electrons. The molecule has 1 N–H and O–H groups in total. The summed E-state index contributed by atoms with van der Waals surface area (Å²) >= 11 is 1.76. The van der Waals surface area contributed by atoms with Crippen LogP contribution in [0.15, 0.2) is 18.2 Å². The minimum atomic E-state index is -0.555. The van der Waals surface area contributed by atoms with Crippen molar-refractivity contribution in [2.75, 3.05) is 19.9 Å². The fraction of sp³-hybridized carbons (Fsp3) is 0.462. The molecule has 0 atom stereocenters. The van der Waals surface area contributed by atoms with Crippen LogP contribution in [-0.2, 0) is 0 Å². The Balaban J connectivity index is 2.00. The zero-order valence-corrected chi connectivity index (χ0v) is 11.3. The summed E-state index contributed by atoms with van der Waals surface area (Å²) in [4.78, 5) is 11.9. The molecule has 0 spiro atoms. The number of ether oxygens (including phenoxy) is 1. The van der Waals surface area contributed by atoms with Gasteiger partial charge in [0.2, 0.25) is 0 Å². The Labute approximate surface area is 110 Å². The Morgan fingerprint density at radius 2 is 2.28 bits per heavy atom. The summed E-state index contributed by atoms with van der Waals surface area (Å²) < 4.78 is 18.7. The van der Waals surface area contributed by atoms with Crippen molar-refractivity contribution in [3.8, 4) is 5.75 Å². The molecule has 2 rings (SSSR count). The number of halogens is 1. The molecule has 3 nitrogen and oxygen atoms in total. The van der Waals surface area contributed by atoms with E-state index in [1.165, 1.54) is 19.2 Å². The lowest BCUT2D eigenvalue weighted by molar-refractivity contribution is 0.0949. The Bertz CT molecular complexity index is 460. The molecule has 1 fully saturated rings. The van der Waals surface area contributed by atoms with Gasteiger partial charge in [-0.25, -0.2) is 4.39 Å². The van der Waals surface area contributed by atoms with E-state index < -0.39 is 5.82 Å². The first-order chi connectivity index (χ1) is 8.60. The van der Waals surface area contributed by atoms with Crippen LogP contribution in [0.2, 0.25) is 0 Å². The van der Waals surface area contributed by atoms with Crippen molar-refractivity contribution in [2.24, 2.45) is 0 Å². The van der Waals surface area contributed by atoms with Crippen molar-refractivity contribution in [2.45, 2.75) is 17.6 Å². The highest BCUT2D eigenvalue weighted by Crippen LogP contribution is 2.46. The molecule has 0 aromatic heterocycles. The number of amides is 1. The average molecular weight is 269 g/mol. The van der Waals surface area contributed by atoms with Gasteiger partial charge in [0, 0.05) is 17.4 Å². The first kappa shape index (κ1) is 13.2. The zero-order valence-electron chi connectivity index (χ0n) is 10.5. The molecule has 0 radical (unpaired) electrons. The second-order valence-corrected chi connectivity index (χ2v) is 5.69. The number of rotatable bonds is 5. The van der Waals surface area contributed by atoms with Gasteiger partial charge in [0.05, 0.1) is 12.7 Å². The highest BCUT2D eigenvalue weighted by Gasteiger charge is 2.42. The molecular formula is C13H16FNO2S. The Morgan fingerprint density at radius 3 is 2.78 bits per heavy atom. The predicted octanol–water partition coefficient (Wildman–Crippen LogP) is 2.46. The fourth-order valence-corrected chi connectivity index (χ4v) is 2.46. The summed E-state index contributed by atoms with van der Waals surface area (Å²) in [6, 6.07) is 4.25. The topological polar surface area (TPSA) is 38.3 Å². The van der Waals surface area contributed by atoms with E-state index in [1.54, 1.807) is 17.8 Å². The SMILES string of the molecule is COc1ccc(C(=O)NCC2(SC)CC2)c(F)c1. The molecule has 1 aromatic carbocycles. The quantitative estimate of drug-likeness (QED) is 0.892. The van der Waals surface area contributed by atoms with Crippen LogP contribution < -0.4 is 10.1 Å². The number of hydrogen-bond donors (Lipinski definition) is 1. The van der Waals surface area contributed by atoms with Gasteiger partial charge in [-0.05, 0) is 31.2 Å². The van der Waals surface area contributed by atoms with Gasteiger partial charge >= 0.3 is 0 Å². The molecule has 1 saturated carbocycles. The van der Waals surface area contributed by atoms with Crippen molar-refractivity contribution >= 4 is 17.7 Å². The Morgan fingerprint density at radius 1 is 1.56 bits per heavy atom. The third-order valence-electron chi connectivity index (χ3n) is 3.23. The molecule has 0 aliphatic heterocycles. The van der Waals surface area contributed by atoms with Gasteiger partial charge in [-0.3, -0.25) is 4.79 Å². The molecule has 18 heavy (non-hydrogen) atoms. The molecule has 1 aliphatic rings. The van der Waals surface area contributed by atoms with Crippen LogP contribution in [0.3, 0.4) is 0 Å². The lowest BCUT2D eigenvalue weighted by atomic mass is 10.2. The molecule has 5 heteroatoms. The van der Waals surface area contributed by atoms with Crippen molar-refractivity contribution in [1.82, 2.24) is 5.32 Å².